The number of benzene rings is 2. The number of allylic oxidation sites excluding steroid dienone is 1. The summed E-state index contributed by atoms with van der Waals surface area (Å²) in [5.41, 5.74) is 3.59. The Balaban J connectivity index is 1.85. The molecule has 0 aliphatic heterocycles. The summed E-state index contributed by atoms with van der Waals surface area (Å²) in [5, 5.41) is 1.83. The largest absolute Gasteiger partial charge is 0.546 e. The Morgan fingerprint density at radius 2 is 1.63 bits per heavy atom. The Kier molecular flexibility index (Phi) is 9.05. The van der Waals surface area contributed by atoms with E-state index in [1.807, 2.05) is 48.5 Å². The maximum Gasteiger partial charge on any atom is 0.258 e. The van der Waals surface area contributed by atoms with Crippen molar-refractivity contribution < 1.29 is 13.4 Å². The highest BCUT2D eigenvalue weighted by Gasteiger charge is 2.47. The summed E-state index contributed by atoms with van der Waals surface area (Å²) in [5.74, 6) is 1.68. The van der Waals surface area contributed by atoms with Crippen molar-refractivity contribution in [2.45, 2.75) is 87.3 Å². The molecular weight excluding hydrogens is 470 g/mol. The van der Waals surface area contributed by atoms with E-state index in [4.69, 9.17) is 9.16 Å². The van der Waals surface area contributed by atoms with Crippen molar-refractivity contribution in [2.75, 3.05) is 7.11 Å². The van der Waals surface area contributed by atoms with Gasteiger partial charge in [-0.25, -0.2) is 4.21 Å². The van der Waals surface area contributed by atoms with Gasteiger partial charge in [0.25, 0.3) is 8.32 Å². The molecule has 0 saturated heterocycles. The van der Waals surface area contributed by atoms with E-state index in [-0.39, 0.29) is 0 Å². The maximum absolute atomic E-state index is 13.5. The van der Waals surface area contributed by atoms with Gasteiger partial charge in [-0.3, -0.25) is 0 Å². The molecule has 0 amide bonds. The van der Waals surface area contributed by atoms with E-state index in [1.165, 1.54) is 0 Å². The summed E-state index contributed by atoms with van der Waals surface area (Å²) >= 11 is 0. The number of hydrogen-bond acceptors (Lipinski definition) is 3. The Hall–Kier alpha value is -2.31. The quantitative estimate of drug-likeness (QED) is 0.196. The molecule has 3 aromatic rings. The lowest BCUT2D eigenvalue weighted by Gasteiger charge is -2.42. The number of ether oxygens (including phenoxy) is 1. The van der Waals surface area contributed by atoms with Crippen LogP contribution in [0.1, 0.15) is 59.9 Å². The van der Waals surface area contributed by atoms with Gasteiger partial charge in [0, 0.05) is 22.2 Å². The molecule has 6 heteroatoms. The standard InChI is InChI=1S/C29H41NO3SSi/c1-20(2)35(21(3)4,22(5)6)33-23(7)13-12-16-26-27-19-24(32-8)17-18-28(27)30-29(26)34(31)25-14-10-9-11-15-25/h9-11,14-15,17-22,30H,7,12-13,16H2,1-6,8H3. The number of methoxy groups -OCH3 is 1. The van der Waals surface area contributed by atoms with E-state index >= 15 is 0 Å². The van der Waals surface area contributed by atoms with Crippen LogP contribution < -0.4 is 4.74 Å². The van der Waals surface area contributed by atoms with Gasteiger partial charge in [-0.05, 0) is 65.4 Å². The number of aromatic amines is 1. The second kappa shape index (κ2) is 11.6. The van der Waals surface area contributed by atoms with Crippen molar-refractivity contribution in [3.63, 3.8) is 0 Å². The van der Waals surface area contributed by atoms with Crippen LogP contribution >= 0.6 is 0 Å². The molecule has 0 saturated carbocycles. The molecule has 1 N–H and O–H groups in total. The van der Waals surface area contributed by atoms with Gasteiger partial charge >= 0.3 is 0 Å². The fourth-order valence-electron chi connectivity index (χ4n) is 5.51. The summed E-state index contributed by atoms with van der Waals surface area (Å²) in [6.45, 7) is 18.1. The summed E-state index contributed by atoms with van der Waals surface area (Å²) in [6.07, 6.45) is 2.44. The van der Waals surface area contributed by atoms with Gasteiger partial charge in [-0.15, -0.1) is 0 Å². The Morgan fingerprint density at radius 1 is 1.00 bits per heavy atom. The van der Waals surface area contributed by atoms with Gasteiger partial charge in [0.2, 0.25) is 0 Å². The van der Waals surface area contributed by atoms with Crippen molar-refractivity contribution >= 4 is 30.0 Å². The number of fused-ring (bicyclic) bond motifs is 1. The first-order valence-corrected chi connectivity index (χ1v) is 15.9. The topological polar surface area (TPSA) is 51.3 Å². The molecule has 0 spiro atoms. The molecule has 1 aromatic heterocycles. The number of hydrogen-bond donors (Lipinski definition) is 1. The predicted molar refractivity (Wildman–Crippen MR) is 150 cm³/mol. The molecule has 4 nitrogen and oxygen atoms in total. The van der Waals surface area contributed by atoms with E-state index in [2.05, 4.69) is 53.1 Å². The molecule has 1 heterocycles. The van der Waals surface area contributed by atoms with E-state index in [1.54, 1.807) is 7.11 Å². The van der Waals surface area contributed by atoms with Crippen LogP contribution in [0.2, 0.25) is 16.6 Å². The average Bonchev–Trinajstić information content (AvgIpc) is 3.19. The SMILES string of the molecule is C=C(CCCc1c(S(=O)c2ccccc2)[nH]c2ccc(OC)cc12)O[Si](C(C)C)(C(C)C)C(C)C. The van der Waals surface area contributed by atoms with Crippen LogP contribution in [0, 0.1) is 0 Å². The van der Waals surface area contributed by atoms with Gasteiger partial charge in [0.15, 0.2) is 0 Å². The predicted octanol–water partition coefficient (Wildman–Crippen LogP) is 8.37. The third kappa shape index (κ3) is 5.75. The lowest BCUT2D eigenvalue weighted by Crippen LogP contribution is -2.47. The zero-order valence-electron chi connectivity index (χ0n) is 22.3. The molecule has 1 atom stereocenters. The molecule has 190 valence electrons. The molecule has 35 heavy (non-hydrogen) atoms. The van der Waals surface area contributed by atoms with Gasteiger partial charge in [-0.2, -0.15) is 0 Å². The van der Waals surface area contributed by atoms with Crippen molar-refractivity contribution in [3.8, 4) is 5.75 Å². The lowest BCUT2D eigenvalue weighted by atomic mass is 10.1. The summed E-state index contributed by atoms with van der Waals surface area (Å²) in [4.78, 5) is 4.23. The second-order valence-corrected chi connectivity index (χ2v) is 17.0. The van der Waals surface area contributed by atoms with Crippen LogP contribution in [-0.2, 0) is 21.6 Å². The first kappa shape index (κ1) is 27.3. The van der Waals surface area contributed by atoms with Gasteiger partial charge in [0.1, 0.15) is 21.6 Å². The van der Waals surface area contributed by atoms with Crippen LogP contribution in [-0.4, -0.2) is 24.6 Å². The fraction of sp³-hybridized carbons (Fsp3) is 0.448. The van der Waals surface area contributed by atoms with Gasteiger partial charge in [-0.1, -0.05) is 66.3 Å². The normalized spacial score (nSPS) is 13.1. The van der Waals surface area contributed by atoms with Gasteiger partial charge in [0.05, 0.1) is 12.9 Å². The van der Waals surface area contributed by atoms with E-state index in [0.717, 1.165) is 57.2 Å². The van der Waals surface area contributed by atoms with Crippen molar-refractivity contribution in [1.82, 2.24) is 4.98 Å². The first-order chi connectivity index (χ1) is 16.6. The number of H-pyrrole nitrogens is 1. The minimum absolute atomic E-state index is 0.514. The number of aryl methyl sites for hydroxylation is 1. The molecule has 0 radical (unpaired) electrons. The van der Waals surface area contributed by atoms with E-state index < -0.39 is 19.1 Å². The highest BCUT2D eigenvalue weighted by molar-refractivity contribution is 7.85. The third-order valence-corrected chi connectivity index (χ3v) is 14.6. The minimum Gasteiger partial charge on any atom is -0.546 e. The van der Waals surface area contributed by atoms with Crippen molar-refractivity contribution in [2.24, 2.45) is 0 Å². The molecule has 0 aliphatic rings. The molecule has 2 aromatic carbocycles. The molecule has 3 rings (SSSR count). The minimum atomic E-state index is -2.01. The van der Waals surface area contributed by atoms with Crippen molar-refractivity contribution in [3.05, 3.63) is 66.4 Å². The summed E-state index contributed by atoms with van der Waals surface area (Å²) < 4.78 is 25.8. The monoisotopic (exact) mass is 511 g/mol. The maximum atomic E-state index is 13.5. The first-order valence-electron chi connectivity index (χ1n) is 12.6. The Labute approximate surface area is 214 Å². The highest BCUT2D eigenvalue weighted by Crippen LogP contribution is 2.44. The summed E-state index contributed by atoms with van der Waals surface area (Å²) in [6, 6.07) is 15.6. The fourth-order valence-corrected chi connectivity index (χ4v) is 12.1. The van der Waals surface area contributed by atoms with Crippen LogP contribution in [0.5, 0.6) is 5.75 Å². The van der Waals surface area contributed by atoms with Crippen LogP contribution in [0.25, 0.3) is 10.9 Å². The Bertz CT molecular complexity index is 1150. The average molecular weight is 512 g/mol. The third-order valence-electron chi connectivity index (χ3n) is 7.13. The van der Waals surface area contributed by atoms with Crippen LogP contribution in [0.3, 0.4) is 0 Å². The highest BCUT2D eigenvalue weighted by atomic mass is 32.2. The lowest BCUT2D eigenvalue weighted by molar-refractivity contribution is 0.354. The smallest absolute Gasteiger partial charge is 0.258 e. The molecular formula is C29H41NO3SSi. The number of aromatic nitrogens is 1. The molecule has 0 aliphatic carbocycles. The van der Waals surface area contributed by atoms with E-state index in [0.29, 0.717) is 16.6 Å². The Morgan fingerprint density at radius 3 is 2.20 bits per heavy atom. The van der Waals surface area contributed by atoms with Crippen LogP contribution in [0.15, 0.2) is 70.8 Å². The number of nitrogens with one attached hydrogen (secondary N) is 1. The zero-order valence-corrected chi connectivity index (χ0v) is 24.1. The van der Waals surface area contributed by atoms with Crippen LogP contribution in [0.4, 0.5) is 0 Å². The second-order valence-electron chi connectivity index (χ2n) is 10.2. The van der Waals surface area contributed by atoms with E-state index in [9.17, 15) is 4.21 Å². The molecule has 0 bridgehead atoms. The zero-order chi connectivity index (χ0) is 25.8. The van der Waals surface area contributed by atoms with Gasteiger partial charge < -0.3 is 14.1 Å². The van der Waals surface area contributed by atoms with Crippen molar-refractivity contribution in [1.29, 1.82) is 0 Å². The number of rotatable bonds is 12. The molecule has 0 fully saturated rings. The summed E-state index contributed by atoms with van der Waals surface area (Å²) in [7, 11) is -1.63. The molecule has 1 unspecified atom stereocenters.